The number of rotatable bonds is 7. The molecule has 2 amide bonds. The lowest BCUT2D eigenvalue weighted by Gasteiger charge is -2.24. The maximum atomic E-state index is 13.0. The van der Waals surface area contributed by atoms with Crippen molar-refractivity contribution in [2.24, 2.45) is 5.92 Å². The molecule has 8 heteroatoms. The van der Waals surface area contributed by atoms with E-state index in [-0.39, 0.29) is 28.7 Å². The lowest BCUT2D eigenvalue weighted by Crippen LogP contribution is -2.51. The zero-order chi connectivity index (χ0) is 21.2. The summed E-state index contributed by atoms with van der Waals surface area (Å²) in [5, 5.41) is 2.99. The minimum Gasteiger partial charge on any atom is -0.352 e. The largest absolute Gasteiger partial charge is 0.352 e. The van der Waals surface area contributed by atoms with Crippen molar-refractivity contribution in [1.29, 1.82) is 0 Å². The van der Waals surface area contributed by atoms with Crippen LogP contribution in [0.3, 0.4) is 0 Å². The Labute approximate surface area is 173 Å². The molecule has 3 rings (SSSR count). The van der Waals surface area contributed by atoms with Gasteiger partial charge in [-0.05, 0) is 48.9 Å². The molecule has 1 saturated carbocycles. The SMILES string of the molecule is CCC(=O)N1CCc2cc(S(=O)(=O)NC(C(=O)NC3CCCC3)C(C)C)ccc21. The van der Waals surface area contributed by atoms with Gasteiger partial charge in [-0.25, -0.2) is 8.42 Å². The van der Waals surface area contributed by atoms with Gasteiger partial charge in [-0.15, -0.1) is 0 Å². The molecule has 1 aromatic carbocycles. The van der Waals surface area contributed by atoms with Gasteiger partial charge in [0.1, 0.15) is 6.04 Å². The Morgan fingerprint density at radius 3 is 2.52 bits per heavy atom. The summed E-state index contributed by atoms with van der Waals surface area (Å²) in [6, 6.07) is 4.12. The Hall–Kier alpha value is -1.93. The predicted molar refractivity (Wildman–Crippen MR) is 112 cm³/mol. The van der Waals surface area contributed by atoms with Crippen LogP contribution < -0.4 is 14.9 Å². The van der Waals surface area contributed by atoms with Crippen molar-refractivity contribution in [3.63, 3.8) is 0 Å². The van der Waals surface area contributed by atoms with Crippen LogP contribution in [0.2, 0.25) is 0 Å². The third kappa shape index (κ3) is 4.80. The first-order valence-electron chi connectivity index (χ1n) is 10.5. The fourth-order valence-electron chi connectivity index (χ4n) is 4.08. The van der Waals surface area contributed by atoms with Crippen LogP contribution in [0, 0.1) is 5.92 Å². The normalized spacial score (nSPS) is 18.1. The van der Waals surface area contributed by atoms with Gasteiger partial charge in [0.15, 0.2) is 0 Å². The van der Waals surface area contributed by atoms with E-state index in [4.69, 9.17) is 0 Å². The van der Waals surface area contributed by atoms with Crippen LogP contribution in [-0.4, -0.2) is 38.9 Å². The number of anilines is 1. The molecule has 2 N–H and O–H groups in total. The van der Waals surface area contributed by atoms with Crippen molar-refractivity contribution >= 4 is 27.5 Å². The molecule has 2 aliphatic rings. The second-order valence-electron chi connectivity index (χ2n) is 8.27. The smallest absolute Gasteiger partial charge is 0.241 e. The third-order valence-electron chi connectivity index (χ3n) is 5.79. The van der Waals surface area contributed by atoms with Gasteiger partial charge in [-0.1, -0.05) is 33.6 Å². The molecule has 1 fully saturated rings. The molecule has 0 saturated heterocycles. The van der Waals surface area contributed by atoms with Gasteiger partial charge in [0.25, 0.3) is 0 Å². The van der Waals surface area contributed by atoms with Crippen LogP contribution in [0.5, 0.6) is 0 Å². The molecule has 1 atom stereocenters. The van der Waals surface area contributed by atoms with Crippen LogP contribution in [0.25, 0.3) is 0 Å². The quantitative estimate of drug-likeness (QED) is 0.706. The molecule has 1 aromatic rings. The van der Waals surface area contributed by atoms with Gasteiger partial charge in [0, 0.05) is 24.7 Å². The van der Waals surface area contributed by atoms with Crippen molar-refractivity contribution in [2.75, 3.05) is 11.4 Å². The van der Waals surface area contributed by atoms with E-state index in [1.54, 1.807) is 17.0 Å². The van der Waals surface area contributed by atoms with E-state index in [1.165, 1.54) is 6.07 Å². The average Bonchev–Trinajstić information content (AvgIpc) is 3.34. The summed E-state index contributed by atoms with van der Waals surface area (Å²) in [4.78, 5) is 26.6. The van der Waals surface area contributed by atoms with Crippen molar-refractivity contribution in [2.45, 2.75) is 76.3 Å². The Balaban J connectivity index is 1.77. The number of carbonyl (C=O) groups excluding carboxylic acids is 2. The van der Waals surface area contributed by atoms with Gasteiger partial charge in [0.05, 0.1) is 4.90 Å². The molecular formula is C21H31N3O4S. The second-order valence-corrected chi connectivity index (χ2v) is 9.99. The van der Waals surface area contributed by atoms with Crippen molar-refractivity contribution in [3.05, 3.63) is 23.8 Å². The summed E-state index contributed by atoms with van der Waals surface area (Å²) in [6.45, 7) is 6.04. The number of amides is 2. The molecule has 1 aliphatic heterocycles. The monoisotopic (exact) mass is 421 g/mol. The van der Waals surface area contributed by atoms with Crippen LogP contribution in [0.4, 0.5) is 5.69 Å². The fourth-order valence-corrected chi connectivity index (χ4v) is 5.48. The summed E-state index contributed by atoms with van der Waals surface area (Å²) in [5.74, 6) is -0.421. The van der Waals surface area contributed by atoms with Crippen LogP contribution in [0.15, 0.2) is 23.1 Å². The van der Waals surface area contributed by atoms with E-state index in [9.17, 15) is 18.0 Å². The fraction of sp³-hybridized carbons (Fsp3) is 0.619. The van der Waals surface area contributed by atoms with Crippen LogP contribution >= 0.6 is 0 Å². The van der Waals surface area contributed by atoms with Gasteiger partial charge in [-0.3, -0.25) is 9.59 Å². The maximum Gasteiger partial charge on any atom is 0.241 e. The molecule has 1 heterocycles. The Bertz CT molecular complexity index is 876. The summed E-state index contributed by atoms with van der Waals surface area (Å²) in [5.41, 5.74) is 1.61. The second kappa shape index (κ2) is 8.83. The van der Waals surface area contributed by atoms with Gasteiger partial charge in [-0.2, -0.15) is 4.72 Å². The average molecular weight is 422 g/mol. The highest BCUT2D eigenvalue weighted by molar-refractivity contribution is 7.89. The maximum absolute atomic E-state index is 13.0. The summed E-state index contributed by atoms with van der Waals surface area (Å²) >= 11 is 0. The molecule has 1 unspecified atom stereocenters. The van der Waals surface area contributed by atoms with Crippen molar-refractivity contribution in [1.82, 2.24) is 10.0 Å². The van der Waals surface area contributed by atoms with E-state index in [2.05, 4.69) is 10.0 Å². The minimum absolute atomic E-state index is 0.0286. The van der Waals surface area contributed by atoms with Crippen LogP contribution in [0.1, 0.15) is 58.4 Å². The van der Waals surface area contributed by atoms with Crippen molar-refractivity contribution < 1.29 is 18.0 Å². The van der Waals surface area contributed by atoms with E-state index in [1.807, 2.05) is 20.8 Å². The molecule has 0 bridgehead atoms. The highest BCUT2D eigenvalue weighted by Crippen LogP contribution is 2.31. The minimum atomic E-state index is -3.86. The molecule has 1 aliphatic carbocycles. The zero-order valence-corrected chi connectivity index (χ0v) is 18.2. The molecule has 0 aromatic heterocycles. The van der Waals surface area contributed by atoms with Gasteiger partial charge < -0.3 is 10.2 Å². The number of carbonyl (C=O) groups is 2. The first kappa shape index (κ1) is 21.8. The lowest BCUT2D eigenvalue weighted by atomic mass is 10.0. The molecule has 0 spiro atoms. The standard InChI is InChI=1S/C21H31N3O4S/c1-4-19(25)24-12-11-15-13-17(9-10-18(15)24)29(27,28)23-20(14(2)3)21(26)22-16-7-5-6-8-16/h9-10,13-14,16,20,23H,4-8,11-12H2,1-3H3,(H,22,26). The predicted octanol–water partition coefficient (Wildman–Crippen LogP) is 2.35. The van der Waals surface area contributed by atoms with Crippen molar-refractivity contribution in [3.8, 4) is 0 Å². The number of sulfonamides is 1. The Kier molecular flexibility index (Phi) is 6.63. The molecule has 7 nitrogen and oxygen atoms in total. The Morgan fingerprint density at radius 2 is 1.90 bits per heavy atom. The van der Waals surface area contributed by atoms with Gasteiger partial charge >= 0.3 is 0 Å². The number of nitrogens with one attached hydrogen (secondary N) is 2. The van der Waals surface area contributed by atoms with E-state index >= 15 is 0 Å². The number of hydrogen-bond donors (Lipinski definition) is 2. The zero-order valence-electron chi connectivity index (χ0n) is 17.4. The van der Waals surface area contributed by atoms with Crippen LogP contribution in [-0.2, 0) is 26.0 Å². The number of benzene rings is 1. The highest BCUT2D eigenvalue weighted by Gasteiger charge is 2.31. The summed E-state index contributed by atoms with van der Waals surface area (Å²) in [6.07, 6.45) is 5.11. The summed E-state index contributed by atoms with van der Waals surface area (Å²) < 4.78 is 28.6. The van der Waals surface area contributed by atoms with Gasteiger partial charge in [0.2, 0.25) is 21.8 Å². The lowest BCUT2D eigenvalue weighted by molar-refractivity contribution is -0.124. The third-order valence-corrected chi connectivity index (χ3v) is 7.23. The van der Waals surface area contributed by atoms with E-state index < -0.39 is 16.1 Å². The molecule has 160 valence electrons. The number of nitrogens with zero attached hydrogens (tertiary/aromatic N) is 1. The van der Waals surface area contributed by atoms with E-state index in [0.29, 0.717) is 19.4 Å². The first-order chi connectivity index (χ1) is 13.7. The molecule has 29 heavy (non-hydrogen) atoms. The summed E-state index contributed by atoms with van der Waals surface area (Å²) in [7, 11) is -3.86. The number of fused-ring (bicyclic) bond motifs is 1. The topological polar surface area (TPSA) is 95.6 Å². The highest BCUT2D eigenvalue weighted by atomic mass is 32.2. The number of hydrogen-bond acceptors (Lipinski definition) is 4. The van der Waals surface area contributed by atoms with E-state index in [0.717, 1.165) is 36.9 Å². The Morgan fingerprint density at radius 1 is 1.21 bits per heavy atom. The molecule has 0 radical (unpaired) electrons. The first-order valence-corrected chi connectivity index (χ1v) is 12.0. The molecular weight excluding hydrogens is 390 g/mol.